The second-order valence-electron chi connectivity index (χ2n) is 17.9. The maximum Gasteiger partial charge on any atom is 0.316 e. The van der Waals surface area contributed by atoms with Crippen LogP contribution in [0.25, 0.3) is 0 Å². The van der Waals surface area contributed by atoms with Gasteiger partial charge in [0, 0.05) is 23.7 Å². The van der Waals surface area contributed by atoms with E-state index in [0.717, 1.165) is 67.3 Å². The molecule has 0 radical (unpaired) electrons. The molecule has 344 valence electrons. The third kappa shape index (κ3) is 15.8. The summed E-state index contributed by atoms with van der Waals surface area (Å²) >= 11 is 0. The van der Waals surface area contributed by atoms with Crippen LogP contribution in [0.3, 0.4) is 0 Å². The lowest BCUT2D eigenvalue weighted by molar-refractivity contribution is -0.144. The summed E-state index contributed by atoms with van der Waals surface area (Å²) < 4.78 is 32.2. The number of fused-ring (bicyclic) bond motifs is 1. The van der Waals surface area contributed by atoms with Crippen LogP contribution in [0.4, 0.5) is 5.69 Å². The highest BCUT2D eigenvalue weighted by Crippen LogP contribution is 2.36. The van der Waals surface area contributed by atoms with Crippen LogP contribution >= 0.6 is 0 Å². The van der Waals surface area contributed by atoms with Crippen LogP contribution in [-0.2, 0) is 48.3 Å². The second kappa shape index (κ2) is 27.7. The fourth-order valence-corrected chi connectivity index (χ4v) is 9.57. The number of hydrogen-bond acceptors (Lipinski definition) is 8. The maximum atomic E-state index is 14.0. The normalized spacial score (nSPS) is 21.2. The molecule has 1 aliphatic carbocycles. The lowest BCUT2D eigenvalue weighted by Crippen LogP contribution is -2.41. The van der Waals surface area contributed by atoms with Crippen LogP contribution in [0.1, 0.15) is 119 Å². The zero-order chi connectivity index (χ0) is 44.6. The average molecular weight is 871 g/mol. The number of esters is 1. The van der Waals surface area contributed by atoms with Gasteiger partial charge >= 0.3 is 5.97 Å². The van der Waals surface area contributed by atoms with Crippen LogP contribution in [0.5, 0.6) is 0 Å². The predicted octanol–water partition coefficient (Wildman–Crippen LogP) is 12.9. The molecule has 0 bridgehead atoms. The number of rotatable bonds is 19. The van der Waals surface area contributed by atoms with Crippen LogP contribution < -0.4 is 5.32 Å². The number of hydrogen-bond donors (Lipinski definition) is 1. The monoisotopic (exact) mass is 871 g/mol. The summed E-state index contributed by atoms with van der Waals surface area (Å²) in [4.78, 5) is 18.9. The Morgan fingerprint density at radius 1 is 0.641 bits per heavy atom. The number of para-hydroxylation sites is 1. The molecular weight excluding hydrogens is 797 g/mol. The molecule has 2 aliphatic rings. The van der Waals surface area contributed by atoms with Gasteiger partial charge in [0.2, 0.25) is 0 Å². The summed E-state index contributed by atoms with van der Waals surface area (Å²) in [6.45, 7) is 7.47. The van der Waals surface area contributed by atoms with Crippen molar-refractivity contribution in [3.05, 3.63) is 150 Å². The highest BCUT2D eigenvalue weighted by atomic mass is 16.5. The number of benzene rings is 4. The number of nitrogens with one attached hydrogen (secondary N) is 1. The van der Waals surface area contributed by atoms with Gasteiger partial charge in [0.1, 0.15) is 11.8 Å². The fourth-order valence-electron chi connectivity index (χ4n) is 9.57. The molecule has 4 aromatic rings. The molecule has 8 heteroatoms. The molecule has 7 atom stereocenters. The molecule has 1 N–H and O–H groups in total. The fraction of sp³-hybridized carbons (Fsp3) is 0.500. The van der Waals surface area contributed by atoms with E-state index in [1.807, 2.05) is 42.6 Å². The first-order valence-electron chi connectivity index (χ1n) is 24.2. The van der Waals surface area contributed by atoms with Crippen molar-refractivity contribution in [3.8, 4) is 0 Å². The average Bonchev–Trinajstić information content (AvgIpc) is 3.32. The number of aliphatic imine (C=N–C) groups is 1. The van der Waals surface area contributed by atoms with E-state index >= 15 is 0 Å². The summed E-state index contributed by atoms with van der Waals surface area (Å²) in [6, 6.07) is 39.4. The molecule has 7 unspecified atom stereocenters. The molecule has 4 aromatic carbocycles. The Hall–Kier alpha value is -4.60. The van der Waals surface area contributed by atoms with Crippen molar-refractivity contribution in [2.45, 2.75) is 129 Å². The van der Waals surface area contributed by atoms with Gasteiger partial charge in [0.05, 0.1) is 59.0 Å². The van der Waals surface area contributed by atoms with Crippen LogP contribution in [0, 0.1) is 23.7 Å². The lowest BCUT2D eigenvalue weighted by atomic mass is 9.78. The van der Waals surface area contributed by atoms with Gasteiger partial charge in [0.15, 0.2) is 0 Å². The molecule has 64 heavy (non-hydrogen) atoms. The molecule has 0 spiro atoms. The second-order valence-corrected chi connectivity index (χ2v) is 17.9. The molecule has 0 aromatic heterocycles. The highest BCUT2D eigenvalue weighted by Gasteiger charge is 2.37. The standard InChI is InChI=1S/C56H74N2O6/c1-43-35-36-57-55(58-51-34-21-20-33-50(43)51)53(56(59)60-3)48-29-18-7-5-4-6-8-19-30-49(32-22-31-48)54(63-38-37-61-39-45-23-12-9-13-24-45)44(2)52(64-41-47-27-16-11-17-28-47)42-62-40-46-25-14-10-15-26-46/h9-17,20-21,23-28,33-36,43-44,48-49,52-54H,4-8,18-19,22,29-32,37-42H2,1-3H3,(H,57,58)/b36-35+. The first-order chi connectivity index (χ1) is 31.5. The van der Waals surface area contributed by atoms with Crippen molar-refractivity contribution in [1.82, 2.24) is 0 Å². The Morgan fingerprint density at radius 3 is 1.84 bits per heavy atom. The van der Waals surface area contributed by atoms with E-state index in [2.05, 4.69) is 104 Å². The van der Waals surface area contributed by atoms with E-state index in [9.17, 15) is 4.79 Å². The molecule has 1 saturated carbocycles. The first-order valence-corrected chi connectivity index (χ1v) is 24.2. The van der Waals surface area contributed by atoms with Crippen molar-refractivity contribution < 1.29 is 28.5 Å². The zero-order valence-corrected chi connectivity index (χ0v) is 38.8. The molecule has 6 rings (SSSR count). The van der Waals surface area contributed by atoms with Gasteiger partial charge in [-0.05, 0) is 65.8 Å². The van der Waals surface area contributed by atoms with Gasteiger partial charge in [-0.1, -0.05) is 180 Å². The maximum absolute atomic E-state index is 14.0. The Bertz CT molecular complexity index is 1960. The summed E-state index contributed by atoms with van der Waals surface area (Å²) in [5.41, 5.74) is 5.60. The predicted molar refractivity (Wildman–Crippen MR) is 259 cm³/mol. The number of carbonyl (C=O) groups is 1. The number of allylic oxidation sites excluding steroid dienone is 1. The Balaban J connectivity index is 1.24. The highest BCUT2D eigenvalue weighted by molar-refractivity contribution is 6.09. The minimum atomic E-state index is -0.507. The summed E-state index contributed by atoms with van der Waals surface area (Å²) in [5.74, 6) is 0.498. The van der Waals surface area contributed by atoms with Crippen molar-refractivity contribution in [2.24, 2.45) is 28.7 Å². The van der Waals surface area contributed by atoms with E-state index in [4.69, 9.17) is 28.7 Å². The number of nitrogens with zero attached hydrogens (tertiary/aromatic N) is 1. The van der Waals surface area contributed by atoms with Crippen LogP contribution in [0.15, 0.2) is 133 Å². The number of anilines is 1. The summed E-state index contributed by atoms with van der Waals surface area (Å²) in [7, 11) is 1.51. The SMILES string of the molecule is COC(=O)C(C1=N/C=C/C(C)c2ccccc2N1)C1CCCCCCCCCC(C(OCCOCc2ccccc2)C(C)C(COCc2ccccc2)OCc2ccccc2)CCC1. The van der Waals surface area contributed by atoms with E-state index in [1.54, 1.807) is 0 Å². The molecular formula is C56H74N2O6. The quantitative estimate of drug-likeness (QED) is 0.0742. The molecule has 1 fully saturated rings. The van der Waals surface area contributed by atoms with Crippen molar-refractivity contribution in [1.29, 1.82) is 0 Å². The molecule has 8 nitrogen and oxygen atoms in total. The van der Waals surface area contributed by atoms with Crippen molar-refractivity contribution >= 4 is 17.5 Å². The van der Waals surface area contributed by atoms with Gasteiger partial charge in [-0.2, -0.15) is 0 Å². The summed E-state index contributed by atoms with van der Waals surface area (Å²) in [5, 5.41) is 3.64. The third-order valence-corrected chi connectivity index (χ3v) is 13.2. The zero-order valence-electron chi connectivity index (χ0n) is 38.8. The van der Waals surface area contributed by atoms with Gasteiger partial charge in [-0.25, -0.2) is 4.99 Å². The molecule has 0 amide bonds. The van der Waals surface area contributed by atoms with E-state index < -0.39 is 5.92 Å². The minimum Gasteiger partial charge on any atom is -0.468 e. The number of amidine groups is 1. The van der Waals surface area contributed by atoms with Gasteiger partial charge in [0.25, 0.3) is 0 Å². The van der Waals surface area contributed by atoms with E-state index in [-0.39, 0.29) is 41.8 Å². The number of methoxy groups -OCH3 is 1. The van der Waals surface area contributed by atoms with Gasteiger partial charge in [-0.3, -0.25) is 4.79 Å². The topological polar surface area (TPSA) is 87.6 Å². The largest absolute Gasteiger partial charge is 0.468 e. The van der Waals surface area contributed by atoms with Crippen LogP contribution in [0.2, 0.25) is 0 Å². The van der Waals surface area contributed by atoms with Crippen molar-refractivity contribution in [3.63, 3.8) is 0 Å². The smallest absolute Gasteiger partial charge is 0.316 e. The number of carbonyl (C=O) groups excluding carboxylic acids is 1. The molecule has 0 saturated heterocycles. The third-order valence-electron chi connectivity index (χ3n) is 13.2. The summed E-state index contributed by atoms with van der Waals surface area (Å²) in [6.07, 6.45) is 16.8. The molecule has 1 aliphatic heterocycles. The Morgan fingerprint density at radius 2 is 1.19 bits per heavy atom. The first kappa shape index (κ1) is 48.8. The van der Waals surface area contributed by atoms with E-state index in [0.29, 0.717) is 45.5 Å². The van der Waals surface area contributed by atoms with Crippen LogP contribution in [-0.4, -0.2) is 50.9 Å². The van der Waals surface area contributed by atoms with Gasteiger partial charge < -0.3 is 29.0 Å². The number of ether oxygens (including phenoxy) is 5. The van der Waals surface area contributed by atoms with E-state index in [1.165, 1.54) is 44.8 Å². The lowest BCUT2D eigenvalue weighted by Gasteiger charge is -2.37. The van der Waals surface area contributed by atoms with Crippen molar-refractivity contribution in [2.75, 3.05) is 32.2 Å². The minimum absolute atomic E-state index is 0.0267. The Kier molecular flexibility index (Phi) is 21.1. The molecule has 1 heterocycles. The van der Waals surface area contributed by atoms with Gasteiger partial charge in [-0.15, -0.1) is 0 Å². The Labute approximate surface area is 384 Å².